The largest absolute Gasteiger partial charge is 0.508 e. The van der Waals surface area contributed by atoms with Crippen LogP contribution in [0.1, 0.15) is 65.9 Å². The van der Waals surface area contributed by atoms with Crippen molar-refractivity contribution in [1.82, 2.24) is 15.1 Å². The second-order valence-electron chi connectivity index (χ2n) is 10.8. The summed E-state index contributed by atoms with van der Waals surface area (Å²) in [6.45, 7) is 2.74. The van der Waals surface area contributed by atoms with Gasteiger partial charge in [0.25, 0.3) is 11.8 Å². The van der Waals surface area contributed by atoms with Gasteiger partial charge in [-0.25, -0.2) is 0 Å². The van der Waals surface area contributed by atoms with E-state index in [9.17, 15) is 19.5 Å². The number of halogens is 1. The Labute approximate surface area is 215 Å². The lowest BCUT2D eigenvalue weighted by Crippen LogP contribution is -2.73. The highest BCUT2D eigenvalue weighted by Crippen LogP contribution is 2.48. The summed E-state index contributed by atoms with van der Waals surface area (Å²) >= 11 is 6.22. The maximum atomic E-state index is 12.4. The maximum absolute atomic E-state index is 12.4. The first-order chi connectivity index (χ1) is 17.4. The number of benzene rings is 2. The average Bonchev–Trinajstić information content (AvgIpc) is 3.42. The fourth-order valence-corrected chi connectivity index (χ4v) is 6.83. The molecule has 2 aromatic carbocycles. The summed E-state index contributed by atoms with van der Waals surface area (Å²) in [4.78, 5) is 40.2. The third-order valence-electron chi connectivity index (χ3n) is 8.70. The van der Waals surface area contributed by atoms with Crippen molar-refractivity contribution in [2.24, 2.45) is 5.92 Å². The molecule has 2 aliphatic carbocycles. The van der Waals surface area contributed by atoms with Crippen LogP contribution in [0.4, 0.5) is 0 Å². The topological polar surface area (TPSA) is 90.0 Å². The lowest BCUT2D eigenvalue weighted by molar-refractivity contribution is -0.160. The second-order valence-corrected chi connectivity index (χ2v) is 11.2. The molecule has 2 bridgehead atoms. The molecule has 2 saturated carbocycles. The third kappa shape index (κ3) is 3.80. The fourth-order valence-electron chi connectivity index (χ4n) is 6.54. The average molecular weight is 508 g/mol. The van der Waals surface area contributed by atoms with E-state index in [1.54, 1.807) is 12.1 Å². The molecule has 0 unspecified atom stereocenters. The van der Waals surface area contributed by atoms with Gasteiger partial charge in [0.2, 0.25) is 5.91 Å². The van der Waals surface area contributed by atoms with Crippen molar-refractivity contribution in [2.45, 2.75) is 62.6 Å². The number of phenolic OH excluding ortho intramolecular Hbond substituents is 1. The number of nitrogens with one attached hydrogen (secondary N) is 1. The molecule has 4 heterocycles. The van der Waals surface area contributed by atoms with Gasteiger partial charge >= 0.3 is 0 Å². The van der Waals surface area contributed by atoms with E-state index in [1.165, 1.54) is 55.3 Å². The number of fused-ring (bicyclic) bond motifs is 3. The number of aromatic hydroxyl groups is 1. The Morgan fingerprint density at radius 3 is 2.39 bits per heavy atom. The van der Waals surface area contributed by atoms with Crippen molar-refractivity contribution in [3.05, 3.63) is 64.2 Å². The molecule has 36 heavy (non-hydrogen) atoms. The number of carbonyl (C=O) groups is 3. The quantitative estimate of drug-likeness (QED) is 0.616. The number of nitrogens with zero attached hydrogens (tertiary/aromatic N) is 2. The van der Waals surface area contributed by atoms with Gasteiger partial charge in [-0.1, -0.05) is 42.6 Å². The number of hydrogen-bond acceptors (Lipinski definition) is 5. The summed E-state index contributed by atoms with van der Waals surface area (Å²) in [5.74, 6) is -0.213. The second kappa shape index (κ2) is 8.89. The molecule has 8 heteroatoms. The molecule has 0 spiro atoms. The molecule has 0 aromatic heterocycles. The van der Waals surface area contributed by atoms with Gasteiger partial charge in [0.15, 0.2) is 0 Å². The minimum Gasteiger partial charge on any atom is -0.508 e. The highest BCUT2D eigenvalue weighted by molar-refractivity contribution is 6.31. The predicted octanol–water partition coefficient (Wildman–Crippen LogP) is 3.84. The van der Waals surface area contributed by atoms with E-state index in [1.807, 2.05) is 12.1 Å². The Bertz CT molecular complexity index is 1230. The lowest BCUT2D eigenvalue weighted by Gasteiger charge is -2.53. The fraction of sp³-hybridized carbons (Fsp3) is 0.464. The van der Waals surface area contributed by atoms with Crippen LogP contribution in [0.3, 0.4) is 0 Å². The van der Waals surface area contributed by atoms with E-state index in [0.29, 0.717) is 30.9 Å². The zero-order valence-corrected chi connectivity index (χ0v) is 20.8. The van der Waals surface area contributed by atoms with Crippen LogP contribution in [0.5, 0.6) is 5.75 Å². The molecule has 2 aromatic rings. The molecule has 2 N–H and O–H groups in total. The van der Waals surface area contributed by atoms with Crippen molar-refractivity contribution >= 4 is 29.3 Å². The van der Waals surface area contributed by atoms with Crippen molar-refractivity contribution in [2.75, 3.05) is 13.1 Å². The molecule has 0 radical (unpaired) electrons. The van der Waals surface area contributed by atoms with Gasteiger partial charge in [0, 0.05) is 48.1 Å². The molecule has 6 aliphatic rings. The molecule has 8 rings (SSSR count). The Balaban J connectivity index is 0.000000137. The number of carbonyl (C=O) groups excluding carboxylic acids is 3. The lowest BCUT2D eigenvalue weighted by atomic mass is 9.63. The van der Waals surface area contributed by atoms with Crippen LogP contribution in [-0.4, -0.2) is 57.3 Å². The van der Waals surface area contributed by atoms with Crippen molar-refractivity contribution in [1.29, 1.82) is 0 Å². The standard InChI is InChI=1S/C14H18ClN.C14H12N2O4/c15-14-8-4-3-7-13(14)11-9-16(10-11)12-5-1-2-6-12;17-9-1-2-10-7(3-9)6-16(12(10)19)14-4-8(5-14)11(18)15-13(14)20/h3-4,7-8,11-12H,1-2,5-6,9-10H2;1-3,8,17H,4-6H2,(H,15,18,20). The number of phenols is 1. The van der Waals surface area contributed by atoms with Crippen LogP contribution >= 0.6 is 11.6 Å². The van der Waals surface area contributed by atoms with Crippen molar-refractivity contribution in [3.63, 3.8) is 0 Å². The van der Waals surface area contributed by atoms with Gasteiger partial charge in [-0.3, -0.25) is 24.6 Å². The molecule has 3 saturated heterocycles. The number of likely N-dealkylation sites (tertiary alicyclic amines) is 1. The number of amides is 3. The Morgan fingerprint density at radius 1 is 0.972 bits per heavy atom. The summed E-state index contributed by atoms with van der Waals surface area (Å²) in [5, 5.41) is 12.8. The van der Waals surface area contributed by atoms with Crippen molar-refractivity contribution < 1.29 is 19.5 Å². The number of piperidine rings is 2. The van der Waals surface area contributed by atoms with Crippen LogP contribution < -0.4 is 5.32 Å². The van der Waals surface area contributed by atoms with Crippen LogP contribution in [0, 0.1) is 5.92 Å². The van der Waals surface area contributed by atoms with E-state index < -0.39 is 5.54 Å². The van der Waals surface area contributed by atoms with Crippen LogP contribution in [-0.2, 0) is 16.1 Å². The van der Waals surface area contributed by atoms with Gasteiger partial charge in [-0.05, 0) is 61.1 Å². The van der Waals surface area contributed by atoms with Crippen LogP contribution in [0.15, 0.2) is 42.5 Å². The van der Waals surface area contributed by atoms with Gasteiger partial charge < -0.3 is 10.0 Å². The minimum atomic E-state index is -0.885. The SMILES string of the molecule is Clc1ccccc1C1CN(C2CCCC2)C1.O=C1NC(=O)C2(N3Cc4cc(O)ccc4C3=O)CC1C2. The Kier molecular flexibility index (Phi) is 5.80. The Morgan fingerprint density at radius 2 is 1.69 bits per heavy atom. The third-order valence-corrected chi connectivity index (χ3v) is 9.05. The molecule has 0 atom stereocenters. The summed E-state index contributed by atoms with van der Waals surface area (Å²) < 4.78 is 0. The van der Waals surface area contributed by atoms with E-state index >= 15 is 0 Å². The van der Waals surface area contributed by atoms with E-state index in [0.717, 1.165) is 16.6 Å². The molecule has 188 valence electrons. The van der Waals surface area contributed by atoms with Gasteiger partial charge in [-0.2, -0.15) is 0 Å². The maximum Gasteiger partial charge on any atom is 0.255 e. The zero-order chi connectivity index (χ0) is 25.0. The highest BCUT2D eigenvalue weighted by atomic mass is 35.5. The normalized spacial score (nSPS) is 27.6. The molecule has 7 nitrogen and oxygen atoms in total. The van der Waals surface area contributed by atoms with Gasteiger partial charge in [0.05, 0.1) is 0 Å². The first kappa shape index (κ1) is 23.5. The Hall–Kier alpha value is -2.90. The van der Waals surface area contributed by atoms with Gasteiger partial charge in [0.1, 0.15) is 11.3 Å². The smallest absolute Gasteiger partial charge is 0.255 e. The summed E-state index contributed by atoms with van der Waals surface area (Å²) in [5.41, 5.74) is 1.70. The number of hydrogen-bond donors (Lipinski definition) is 2. The molecule has 3 amide bonds. The monoisotopic (exact) mass is 507 g/mol. The summed E-state index contributed by atoms with van der Waals surface area (Å²) in [6.07, 6.45) is 6.49. The van der Waals surface area contributed by atoms with E-state index in [4.69, 9.17) is 11.6 Å². The molecule has 5 fully saturated rings. The minimum absolute atomic E-state index is 0.102. The molecular weight excluding hydrogens is 478 g/mol. The van der Waals surface area contributed by atoms with E-state index in [-0.39, 0.29) is 29.4 Å². The number of imide groups is 1. The van der Waals surface area contributed by atoms with E-state index in [2.05, 4.69) is 22.3 Å². The highest BCUT2D eigenvalue weighted by Gasteiger charge is 2.62. The van der Waals surface area contributed by atoms with Crippen molar-refractivity contribution in [3.8, 4) is 5.75 Å². The summed E-state index contributed by atoms with van der Waals surface area (Å²) in [6, 6.07) is 13.8. The summed E-state index contributed by atoms with van der Waals surface area (Å²) in [7, 11) is 0. The zero-order valence-electron chi connectivity index (χ0n) is 20.1. The first-order valence-corrected chi connectivity index (χ1v) is 13.2. The molecule has 4 aliphatic heterocycles. The first-order valence-electron chi connectivity index (χ1n) is 12.8. The van der Waals surface area contributed by atoms with Crippen LogP contribution in [0.25, 0.3) is 0 Å². The predicted molar refractivity (Wildman–Crippen MR) is 135 cm³/mol. The molecular formula is C28H30ClN3O4. The van der Waals surface area contributed by atoms with Crippen LogP contribution in [0.2, 0.25) is 5.02 Å². The van der Waals surface area contributed by atoms with Gasteiger partial charge in [-0.15, -0.1) is 0 Å². The number of rotatable bonds is 3.